The number of ketones is 1. The van der Waals surface area contributed by atoms with Crippen LogP contribution in [0.3, 0.4) is 0 Å². The molecule has 0 radical (unpaired) electrons. The van der Waals surface area contributed by atoms with Gasteiger partial charge in [-0.15, -0.1) is 0 Å². The zero-order valence-electron chi connectivity index (χ0n) is 9.27. The number of Topliss-reactive ketones (excluding diaryl/α,β-unsaturated/α-hetero) is 1. The molecule has 0 spiro atoms. The molecule has 0 saturated carbocycles. The maximum Gasteiger partial charge on any atom is 0.161 e. The molecule has 0 aliphatic heterocycles. The van der Waals surface area contributed by atoms with Crippen LogP contribution >= 0.6 is 0 Å². The largest absolute Gasteiger partial charge is 0.374 e. The van der Waals surface area contributed by atoms with E-state index < -0.39 is 6.10 Å². The number of benzene rings is 1. The Hall–Kier alpha value is -1.19. The maximum atomic E-state index is 11.3. The molecule has 0 fully saturated rings. The van der Waals surface area contributed by atoms with E-state index in [4.69, 9.17) is 9.47 Å². The number of hydrogen-bond acceptors (Lipinski definition) is 3. The molecule has 0 aliphatic carbocycles. The normalized spacial score (nSPS) is 14.6. The van der Waals surface area contributed by atoms with Crippen LogP contribution in [0.25, 0.3) is 0 Å². The van der Waals surface area contributed by atoms with Gasteiger partial charge in [0.15, 0.2) is 5.78 Å². The number of hydrogen-bond donors (Lipinski definition) is 0. The lowest BCUT2D eigenvalue weighted by Gasteiger charge is -2.22. The van der Waals surface area contributed by atoms with Crippen LogP contribution in [-0.4, -0.2) is 26.1 Å². The van der Waals surface area contributed by atoms with Crippen molar-refractivity contribution in [1.29, 1.82) is 0 Å². The fourth-order valence-electron chi connectivity index (χ4n) is 1.58. The standard InChI is InChI=1S/C12H16O3/c1-9(13)11(14-2)12(15-3)10-7-5-4-6-8-10/h4-8,11-12H,1-3H3/t11-,12-/m0/s1. The van der Waals surface area contributed by atoms with Crippen molar-refractivity contribution in [3.05, 3.63) is 35.9 Å². The number of carbonyl (C=O) groups excluding carboxylic acids is 1. The lowest BCUT2D eigenvalue weighted by molar-refractivity contribution is -0.135. The second-order valence-corrected chi connectivity index (χ2v) is 3.33. The van der Waals surface area contributed by atoms with Crippen LogP contribution in [0, 0.1) is 0 Å². The lowest BCUT2D eigenvalue weighted by atomic mass is 10.0. The van der Waals surface area contributed by atoms with Gasteiger partial charge in [-0.3, -0.25) is 4.79 Å². The molecule has 3 nitrogen and oxygen atoms in total. The van der Waals surface area contributed by atoms with Gasteiger partial charge in [-0.1, -0.05) is 30.3 Å². The summed E-state index contributed by atoms with van der Waals surface area (Å²) in [6.45, 7) is 1.50. The van der Waals surface area contributed by atoms with Crippen molar-refractivity contribution >= 4 is 5.78 Å². The van der Waals surface area contributed by atoms with Gasteiger partial charge < -0.3 is 9.47 Å². The molecule has 0 unspecified atom stereocenters. The average molecular weight is 208 g/mol. The second kappa shape index (κ2) is 5.63. The summed E-state index contributed by atoms with van der Waals surface area (Å²) in [7, 11) is 3.09. The van der Waals surface area contributed by atoms with Gasteiger partial charge in [0.1, 0.15) is 12.2 Å². The summed E-state index contributed by atoms with van der Waals surface area (Å²) in [5.74, 6) is -0.0341. The molecule has 3 heteroatoms. The van der Waals surface area contributed by atoms with Crippen molar-refractivity contribution in [2.24, 2.45) is 0 Å². The number of rotatable bonds is 5. The first-order chi connectivity index (χ1) is 7.20. The van der Waals surface area contributed by atoms with Crippen LogP contribution in [0.2, 0.25) is 0 Å². The minimum absolute atomic E-state index is 0.0341. The quantitative estimate of drug-likeness (QED) is 0.742. The molecule has 1 aromatic carbocycles. The summed E-state index contributed by atoms with van der Waals surface area (Å²) >= 11 is 0. The molecular formula is C12H16O3. The van der Waals surface area contributed by atoms with Crippen molar-refractivity contribution in [2.75, 3.05) is 14.2 Å². The van der Waals surface area contributed by atoms with Crippen molar-refractivity contribution in [3.8, 4) is 0 Å². The first-order valence-electron chi connectivity index (χ1n) is 4.81. The fraction of sp³-hybridized carbons (Fsp3) is 0.417. The lowest BCUT2D eigenvalue weighted by Crippen LogP contribution is -2.29. The summed E-state index contributed by atoms with van der Waals surface area (Å²) in [5.41, 5.74) is 0.946. The Balaban J connectivity index is 2.92. The van der Waals surface area contributed by atoms with E-state index in [1.807, 2.05) is 30.3 Å². The van der Waals surface area contributed by atoms with E-state index in [0.29, 0.717) is 0 Å². The Bertz CT molecular complexity index is 308. The number of ether oxygens (including phenoxy) is 2. The van der Waals surface area contributed by atoms with Gasteiger partial charge in [0.25, 0.3) is 0 Å². The molecule has 0 aliphatic rings. The van der Waals surface area contributed by atoms with Gasteiger partial charge in [0.05, 0.1) is 0 Å². The number of methoxy groups -OCH3 is 2. The third kappa shape index (κ3) is 2.88. The summed E-state index contributed by atoms with van der Waals surface area (Å²) in [6, 6.07) is 9.58. The minimum atomic E-state index is -0.544. The molecular weight excluding hydrogens is 192 g/mol. The Morgan fingerprint density at radius 2 is 1.73 bits per heavy atom. The van der Waals surface area contributed by atoms with Crippen LogP contribution in [0.5, 0.6) is 0 Å². The van der Waals surface area contributed by atoms with Gasteiger partial charge in [-0.2, -0.15) is 0 Å². The second-order valence-electron chi connectivity index (χ2n) is 3.33. The molecule has 0 bridgehead atoms. The van der Waals surface area contributed by atoms with E-state index in [0.717, 1.165) is 5.56 Å². The predicted molar refractivity (Wildman–Crippen MR) is 57.7 cm³/mol. The molecule has 1 rings (SSSR count). The van der Waals surface area contributed by atoms with E-state index in [-0.39, 0.29) is 11.9 Å². The van der Waals surface area contributed by atoms with Gasteiger partial charge in [-0.05, 0) is 12.5 Å². The highest BCUT2D eigenvalue weighted by Crippen LogP contribution is 2.22. The Kier molecular flexibility index (Phi) is 4.46. The first kappa shape index (κ1) is 11.9. The summed E-state index contributed by atoms with van der Waals surface area (Å²) in [5, 5.41) is 0. The summed E-state index contributed by atoms with van der Waals surface area (Å²) < 4.78 is 10.4. The third-order valence-electron chi connectivity index (χ3n) is 2.31. The molecule has 2 atom stereocenters. The molecule has 0 N–H and O–H groups in total. The van der Waals surface area contributed by atoms with Crippen molar-refractivity contribution in [1.82, 2.24) is 0 Å². The Morgan fingerprint density at radius 1 is 1.13 bits per heavy atom. The van der Waals surface area contributed by atoms with Crippen molar-refractivity contribution in [2.45, 2.75) is 19.1 Å². The van der Waals surface area contributed by atoms with E-state index >= 15 is 0 Å². The molecule has 0 aromatic heterocycles. The number of carbonyl (C=O) groups is 1. The minimum Gasteiger partial charge on any atom is -0.374 e. The van der Waals surface area contributed by atoms with Gasteiger partial charge in [-0.25, -0.2) is 0 Å². The fourth-order valence-corrected chi connectivity index (χ4v) is 1.58. The molecule has 1 aromatic rings. The van der Waals surface area contributed by atoms with Crippen molar-refractivity contribution in [3.63, 3.8) is 0 Å². The highest BCUT2D eigenvalue weighted by molar-refractivity contribution is 5.81. The van der Waals surface area contributed by atoms with Crippen LogP contribution in [0.1, 0.15) is 18.6 Å². The summed E-state index contributed by atoms with van der Waals surface area (Å²) in [4.78, 5) is 11.3. The van der Waals surface area contributed by atoms with Gasteiger partial charge in [0, 0.05) is 14.2 Å². The molecule has 0 saturated heterocycles. The summed E-state index contributed by atoms with van der Waals surface area (Å²) in [6.07, 6.45) is -0.883. The monoisotopic (exact) mass is 208 g/mol. The van der Waals surface area contributed by atoms with Crippen LogP contribution < -0.4 is 0 Å². The zero-order valence-corrected chi connectivity index (χ0v) is 9.27. The zero-order chi connectivity index (χ0) is 11.3. The topological polar surface area (TPSA) is 35.5 Å². The average Bonchev–Trinajstić information content (AvgIpc) is 2.26. The van der Waals surface area contributed by atoms with Gasteiger partial charge >= 0.3 is 0 Å². The van der Waals surface area contributed by atoms with Crippen LogP contribution in [0.15, 0.2) is 30.3 Å². The Morgan fingerprint density at radius 3 is 2.13 bits per heavy atom. The van der Waals surface area contributed by atoms with E-state index in [1.165, 1.54) is 14.0 Å². The first-order valence-corrected chi connectivity index (χ1v) is 4.81. The molecule has 0 heterocycles. The van der Waals surface area contributed by atoms with Crippen LogP contribution in [0.4, 0.5) is 0 Å². The molecule has 15 heavy (non-hydrogen) atoms. The van der Waals surface area contributed by atoms with E-state index in [1.54, 1.807) is 7.11 Å². The SMILES string of the molecule is CO[C@@H](C(C)=O)[C@@H](OC)c1ccccc1. The maximum absolute atomic E-state index is 11.3. The smallest absolute Gasteiger partial charge is 0.161 e. The third-order valence-corrected chi connectivity index (χ3v) is 2.31. The van der Waals surface area contributed by atoms with Crippen molar-refractivity contribution < 1.29 is 14.3 Å². The highest BCUT2D eigenvalue weighted by Gasteiger charge is 2.26. The Labute approximate surface area is 90.0 Å². The van der Waals surface area contributed by atoms with Crippen LogP contribution in [-0.2, 0) is 14.3 Å². The van der Waals surface area contributed by atoms with E-state index in [9.17, 15) is 4.79 Å². The molecule has 0 amide bonds. The van der Waals surface area contributed by atoms with E-state index in [2.05, 4.69) is 0 Å². The van der Waals surface area contributed by atoms with Gasteiger partial charge in [0.2, 0.25) is 0 Å². The highest BCUT2D eigenvalue weighted by atomic mass is 16.5. The molecule has 82 valence electrons. The predicted octanol–water partition coefficient (Wildman–Crippen LogP) is 1.98.